The summed E-state index contributed by atoms with van der Waals surface area (Å²) in [6.07, 6.45) is 6.79. The third-order valence-electron chi connectivity index (χ3n) is 4.77. The van der Waals surface area contributed by atoms with Gasteiger partial charge in [-0.2, -0.15) is 0 Å². The van der Waals surface area contributed by atoms with Crippen molar-refractivity contribution in [3.63, 3.8) is 0 Å². The summed E-state index contributed by atoms with van der Waals surface area (Å²) >= 11 is 0. The van der Waals surface area contributed by atoms with Gasteiger partial charge in [-0.3, -0.25) is 9.59 Å². The number of nitrogens with zero attached hydrogens (tertiary/aromatic N) is 4. The van der Waals surface area contributed by atoms with Gasteiger partial charge >= 0.3 is 0 Å². The molecule has 2 amide bonds. The molecule has 3 heterocycles. The van der Waals surface area contributed by atoms with E-state index in [1.165, 1.54) is 6.42 Å². The summed E-state index contributed by atoms with van der Waals surface area (Å²) in [7, 11) is 0. The minimum Gasteiger partial charge on any atom is -0.347 e. The number of amides is 2. The quantitative estimate of drug-likeness (QED) is 0.904. The number of rotatable bonds is 4. The van der Waals surface area contributed by atoms with Crippen LogP contribution in [0.25, 0.3) is 0 Å². The van der Waals surface area contributed by atoms with Crippen LogP contribution in [0.4, 0.5) is 0 Å². The van der Waals surface area contributed by atoms with Crippen LogP contribution in [-0.4, -0.2) is 44.6 Å². The molecular formula is C16H25N5O2. The number of nitrogens with one attached hydrogen (secondary N) is 1. The number of carbonyl (C=O) groups excluding carboxylic acids is 2. The van der Waals surface area contributed by atoms with E-state index in [1.807, 2.05) is 4.90 Å². The molecule has 1 saturated heterocycles. The molecule has 126 valence electrons. The summed E-state index contributed by atoms with van der Waals surface area (Å²) in [4.78, 5) is 25.7. The number of carbonyl (C=O) groups is 2. The van der Waals surface area contributed by atoms with Gasteiger partial charge < -0.3 is 14.8 Å². The Labute approximate surface area is 136 Å². The van der Waals surface area contributed by atoms with Gasteiger partial charge in [0.2, 0.25) is 11.8 Å². The molecule has 0 unspecified atom stereocenters. The fourth-order valence-electron chi connectivity index (χ4n) is 3.49. The first-order chi connectivity index (χ1) is 11.2. The van der Waals surface area contributed by atoms with Gasteiger partial charge in [0.15, 0.2) is 5.82 Å². The van der Waals surface area contributed by atoms with E-state index in [9.17, 15) is 9.59 Å². The van der Waals surface area contributed by atoms with Gasteiger partial charge in [-0.1, -0.05) is 13.3 Å². The van der Waals surface area contributed by atoms with E-state index in [0.717, 1.165) is 56.8 Å². The maximum Gasteiger partial charge on any atom is 0.242 e. The highest BCUT2D eigenvalue weighted by molar-refractivity contribution is 5.84. The van der Waals surface area contributed by atoms with Crippen LogP contribution in [-0.2, 0) is 22.6 Å². The summed E-state index contributed by atoms with van der Waals surface area (Å²) in [5, 5.41) is 11.4. The number of likely N-dealkylation sites (tertiary alicyclic amines) is 1. The van der Waals surface area contributed by atoms with E-state index in [-0.39, 0.29) is 24.4 Å². The molecule has 23 heavy (non-hydrogen) atoms. The van der Waals surface area contributed by atoms with Crippen molar-refractivity contribution in [2.45, 2.75) is 64.5 Å². The number of hydrogen-bond donors (Lipinski definition) is 1. The van der Waals surface area contributed by atoms with Crippen molar-refractivity contribution in [3.8, 4) is 0 Å². The van der Waals surface area contributed by atoms with Gasteiger partial charge in [0.1, 0.15) is 5.82 Å². The first-order valence-corrected chi connectivity index (χ1v) is 8.69. The Morgan fingerprint density at radius 2 is 2.04 bits per heavy atom. The van der Waals surface area contributed by atoms with Crippen molar-refractivity contribution in [3.05, 3.63) is 11.6 Å². The standard InChI is InChI=1S/C16H25N5O2/c1-2-14(22)17-11-15(23)20-10-6-7-12(20)16-19-18-13-8-4-3-5-9-21(13)16/h12H,2-11H2,1H3,(H,17,22)/t12-/m1/s1. The average Bonchev–Trinajstić information content (AvgIpc) is 3.13. The molecule has 0 spiro atoms. The number of aromatic nitrogens is 3. The summed E-state index contributed by atoms with van der Waals surface area (Å²) < 4.78 is 2.22. The minimum atomic E-state index is -0.0922. The number of hydrogen-bond acceptors (Lipinski definition) is 4. The molecule has 0 radical (unpaired) electrons. The average molecular weight is 319 g/mol. The SMILES string of the molecule is CCC(=O)NCC(=O)N1CCC[C@@H]1c1nnc2n1CCCCC2. The summed E-state index contributed by atoms with van der Waals surface area (Å²) in [6.45, 7) is 3.53. The zero-order chi connectivity index (χ0) is 16.2. The maximum absolute atomic E-state index is 12.5. The van der Waals surface area contributed by atoms with Crippen molar-refractivity contribution < 1.29 is 9.59 Å². The second kappa shape index (κ2) is 7.10. The van der Waals surface area contributed by atoms with Gasteiger partial charge in [-0.15, -0.1) is 10.2 Å². The highest BCUT2D eigenvalue weighted by Gasteiger charge is 2.34. The van der Waals surface area contributed by atoms with Gasteiger partial charge in [-0.05, 0) is 25.7 Å². The van der Waals surface area contributed by atoms with Crippen LogP contribution >= 0.6 is 0 Å². The lowest BCUT2D eigenvalue weighted by molar-refractivity contribution is -0.133. The van der Waals surface area contributed by atoms with E-state index in [1.54, 1.807) is 6.92 Å². The molecule has 2 aliphatic rings. The van der Waals surface area contributed by atoms with E-state index in [0.29, 0.717) is 6.42 Å². The molecule has 0 saturated carbocycles. The van der Waals surface area contributed by atoms with Crippen LogP contribution < -0.4 is 5.32 Å². The molecule has 1 N–H and O–H groups in total. The normalized spacial score (nSPS) is 20.9. The van der Waals surface area contributed by atoms with Crippen LogP contribution in [0, 0.1) is 0 Å². The van der Waals surface area contributed by atoms with Crippen molar-refractivity contribution in [1.29, 1.82) is 0 Å². The smallest absolute Gasteiger partial charge is 0.242 e. The van der Waals surface area contributed by atoms with Crippen molar-refractivity contribution in [2.24, 2.45) is 0 Å². The Hall–Kier alpha value is -1.92. The number of fused-ring (bicyclic) bond motifs is 1. The van der Waals surface area contributed by atoms with Gasteiger partial charge in [0, 0.05) is 25.9 Å². The topological polar surface area (TPSA) is 80.1 Å². The third kappa shape index (κ3) is 3.38. The molecule has 1 fully saturated rings. The lowest BCUT2D eigenvalue weighted by Gasteiger charge is -2.24. The van der Waals surface area contributed by atoms with E-state index < -0.39 is 0 Å². The lowest BCUT2D eigenvalue weighted by atomic mass is 10.2. The molecule has 0 bridgehead atoms. The summed E-state index contributed by atoms with van der Waals surface area (Å²) in [5.41, 5.74) is 0. The second-order valence-corrected chi connectivity index (χ2v) is 6.31. The fourth-order valence-corrected chi connectivity index (χ4v) is 3.49. The zero-order valence-corrected chi connectivity index (χ0v) is 13.8. The number of aryl methyl sites for hydroxylation is 1. The Morgan fingerprint density at radius 3 is 2.87 bits per heavy atom. The maximum atomic E-state index is 12.5. The summed E-state index contributed by atoms with van der Waals surface area (Å²) in [5.74, 6) is 1.86. The van der Waals surface area contributed by atoms with Crippen molar-refractivity contribution in [1.82, 2.24) is 25.0 Å². The van der Waals surface area contributed by atoms with Crippen LogP contribution in [0.15, 0.2) is 0 Å². The molecule has 2 aliphatic heterocycles. The van der Waals surface area contributed by atoms with Gasteiger partial charge in [0.25, 0.3) is 0 Å². The molecule has 1 atom stereocenters. The minimum absolute atomic E-state index is 0.000351. The molecule has 1 aromatic heterocycles. The predicted molar refractivity (Wildman–Crippen MR) is 84.6 cm³/mol. The van der Waals surface area contributed by atoms with Crippen LogP contribution in [0.1, 0.15) is 63.1 Å². The largest absolute Gasteiger partial charge is 0.347 e. The first-order valence-electron chi connectivity index (χ1n) is 8.69. The van der Waals surface area contributed by atoms with Crippen molar-refractivity contribution >= 4 is 11.8 Å². The molecule has 0 aromatic carbocycles. The third-order valence-corrected chi connectivity index (χ3v) is 4.77. The van der Waals surface area contributed by atoms with E-state index >= 15 is 0 Å². The van der Waals surface area contributed by atoms with Gasteiger partial charge in [0.05, 0.1) is 12.6 Å². The first kappa shape index (κ1) is 16.0. The van der Waals surface area contributed by atoms with Crippen molar-refractivity contribution in [2.75, 3.05) is 13.1 Å². The second-order valence-electron chi connectivity index (χ2n) is 6.31. The highest BCUT2D eigenvalue weighted by atomic mass is 16.2. The molecule has 0 aliphatic carbocycles. The summed E-state index contributed by atoms with van der Waals surface area (Å²) in [6, 6.07) is 0.000351. The fraction of sp³-hybridized carbons (Fsp3) is 0.750. The highest BCUT2D eigenvalue weighted by Crippen LogP contribution is 2.32. The predicted octanol–water partition coefficient (Wildman–Crippen LogP) is 1.19. The van der Waals surface area contributed by atoms with E-state index in [4.69, 9.17) is 0 Å². The van der Waals surface area contributed by atoms with Crippen LogP contribution in [0.2, 0.25) is 0 Å². The Balaban J connectivity index is 1.73. The molecule has 7 heteroatoms. The van der Waals surface area contributed by atoms with Crippen LogP contribution in [0.3, 0.4) is 0 Å². The Bertz CT molecular complexity index is 583. The molecule has 1 aromatic rings. The Morgan fingerprint density at radius 1 is 1.17 bits per heavy atom. The Kier molecular flexibility index (Phi) is 4.93. The van der Waals surface area contributed by atoms with Crippen LogP contribution in [0.5, 0.6) is 0 Å². The molecule has 7 nitrogen and oxygen atoms in total. The molecule has 3 rings (SSSR count). The lowest BCUT2D eigenvalue weighted by Crippen LogP contribution is -2.40. The van der Waals surface area contributed by atoms with Gasteiger partial charge in [-0.25, -0.2) is 0 Å². The zero-order valence-electron chi connectivity index (χ0n) is 13.8. The van der Waals surface area contributed by atoms with E-state index in [2.05, 4.69) is 20.1 Å². The monoisotopic (exact) mass is 319 g/mol. The molecular weight excluding hydrogens is 294 g/mol.